The number of hydrogen-bond donors (Lipinski definition) is 1. The number of fused-ring (bicyclic) bond motifs is 1. The number of para-hydroxylation sites is 1. The Hall–Kier alpha value is -3.66. The van der Waals surface area contributed by atoms with Crippen molar-refractivity contribution in [1.82, 2.24) is 4.98 Å². The van der Waals surface area contributed by atoms with Crippen LogP contribution in [0.1, 0.15) is 11.1 Å². The molecule has 0 aliphatic rings. The lowest BCUT2D eigenvalue weighted by Gasteiger charge is -2.06. The van der Waals surface area contributed by atoms with Crippen LogP contribution in [0.2, 0.25) is 0 Å². The Balaban J connectivity index is 1.60. The number of oxazole rings is 1. The minimum Gasteiger partial charge on any atom is -0.436 e. The van der Waals surface area contributed by atoms with Crippen LogP contribution < -0.4 is 5.32 Å². The number of carbonyl (C=O) groups is 1. The zero-order chi connectivity index (χ0) is 18.6. The minimum absolute atomic E-state index is 0.210. The molecule has 1 heterocycles. The van der Waals surface area contributed by atoms with Gasteiger partial charge in [0.1, 0.15) is 5.52 Å². The van der Waals surface area contributed by atoms with Crippen LogP contribution in [0, 0.1) is 6.92 Å². The first-order chi connectivity index (χ1) is 13.2. The maximum Gasteiger partial charge on any atom is 0.248 e. The van der Waals surface area contributed by atoms with Crippen LogP contribution in [-0.4, -0.2) is 10.9 Å². The van der Waals surface area contributed by atoms with Crippen molar-refractivity contribution in [3.63, 3.8) is 0 Å². The van der Waals surface area contributed by atoms with E-state index in [2.05, 4.69) is 10.3 Å². The summed E-state index contributed by atoms with van der Waals surface area (Å²) in [5.74, 6) is 0.275. The lowest BCUT2D eigenvalue weighted by Crippen LogP contribution is -2.08. The van der Waals surface area contributed by atoms with Gasteiger partial charge in [0.25, 0.3) is 0 Å². The third kappa shape index (κ3) is 3.80. The van der Waals surface area contributed by atoms with Gasteiger partial charge in [0.15, 0.2) is 5.58 Å². The molecule has 0 atom stereocenters. The maximum absolute atomic E-state index is 12.3. The second-order valence-electron chi connectivity index (χ2n) is 6.27. The molecule has 1 aromatic heterocycles. The van der Waals surface area contributed by atoms with Crippen LogP contribution in [0.25, 0.3) is 28.6 Å². The molecule has 0 spiro atoms. The summed E-state index contributed by atoms with van der Waals surface area (Å²) in [6, 6.07) is 23.0. The van der Waals surface area contributed by atoms with Crippen LogP contribution in [0.15, 0.2) is 83.3 Å². The van der Waals surface area contributed by atoms with Gasteiger partial charge < -0.3 is 9.73 Å². The standard InChI is InChI=1S/C23H18N2O2/c1-16-11-13-21-20(15-16)25-23(27-21)18-9-5-6-10-19(18)24-22(26)14-12-17-7-3-2-4-8-17/h2-15H,1H3,(H,24,26). The highest BCUT2D eigenvalue weighted by Gasteiger charge is 2.13. The van der Waals surface area contributed by atoms with Crippen molar-refractivity contribution < 1.29 is 9.21 Å². The average molecular weight is 354 g/mol. The predicted molar refractivity (Wildman–Crippen MR) is 108 cm³/mol. The van der Waals surface area contributed by atoms with Gasteiger partial charge in [0, 0.05) is 6.08 Å². The molecule has 1 N–H and O–H groups in total. The molecule has 0 saturated heterocycles. The second-order valence-corrected chi connectivity index (χ2v) is 6.27. The highest BCUT2D eigenvalue weighted by Crippen LogP contribution is 2.30. The van der Waals surface area contributed by atoms with Crippen molar-refractivity contribution in [3.8, 4) is 11.5 Å². The van der Waals surface area contributed by atoms with Gasteiger partial charge in [0.05, 0.1) is 11.3 Å². The van der Waals surface area contributed by atoms with E-state index in [9.17, 15) is 4.79 Å². The Morgan fingerprint density at radius 1 is 1.00 bits per heavy atom. The van der Waals surface area contributed by atoms with E-state index in [-0.39, 0.29) is 5.91 Å². The van der Waals surface area contributed by atoms with Crippen molar-refractivity contribution in [1.29, 1.82) is 0 Å². The SMILES string of the molecule is Cc1ccc2oc(-c3ccccc3NC(=O)C=Cc3ccccc3)nc2c1. The van der Waals surface area contributed by atoms with Crippen LogP contribution in [0.3, 0.4) is 0 Å². The van der Waals surface area contributed by atoms with E-state index in [4.69, 9.17) is 4.42 Å². The van der Waals surface area contributed by atoms with Crippen molar-refractivity contribution in [3.05, 3.63) is 90.0 Å². The van der Waals surface area contributed by atoms with Gasteiger partial charge in [-0.15, -0.1) is 0 Å². The highest BCUT2D eigenvalue weighted by molar-refractivity contribution is 6.04. The molecule has 1 amide bonds. The third-order valence-electron chi connectivity index (χ3n) is 4.19. The number of nitrogens with one attached hydrogen (secondary N) is 1. The van der Waals surface area contributed by atoms with E-state index in [1.54, 1.807) is 6.08 Å². The Morgan fingerprint density at radius 2 is 1.78 bits per heavy atom. The van der Waals surface area contributed by atoms with Crippen molar-refractivity contribution in [2.24, 2.45) is 0 Å². The molecule has 0 saturated carbocycles. The van der Waals surface area contributed by atoms with Gasteiger partial charge >= 0.3 is 0 Å². The van der Waals surface area contributed by atoms with Crippen molar-refractivity contribution in [2.75, 3.05) is 5.32 Å². The molecule has 4 aromatic rings. The number of hydrogen-bond acceptors (Lipinski definition) is 3. The fourth-order valence-electron chi connectivity index (χ4n) is 2.84. The molecular formula is C23H18N2O2. The number of rotatable bonds is 4. The summed E-state index contributed by atoms with van der Waals surface area (Å²) in [6.07, 6.45) is 3.29. The predicted octanol–water partition coefficient (Wildman–Crippen LogP) is 5.46. The first-order valence-electron chi connectivity index (χ1n) is 8.70. The molecule has 0 aliphatic carbocycles. The van der Waals surface area contributed by atoms with E-state index >= 15 is 0 Å². The summed E-state index contributed by atoms with van der Waals surface area (Å²) in [4.78, 5) is 16.9. The molecule has 27 heavy (non-hydrogen) atoms. The summed E-state index contributed by atoms with van der Waals surface area (Å²) in [5.41, 5.74) is 5.01. The van der Waals surface area contributed by atoms with Crippen molar-refractivity contribution >= 4 is 28.8 Å². The Kier molecular flexibility index (Phi) is 4.54. The third-order valence-corrected chi connectivity index (χ3v) is 4.19. The fraction of sp³-hybridized carbons (Fsp3) is 0.0435. The first-order valence-corrected chi connectivity index (χ1v) is 8.70. The molecule has 4 rings (SSSR count). The second kappa shape index (κ2) is 7.30. The maximum atomic E-state index is 12.3. The van der Waals surface area contributed by atoms with E-state index in [1.165, 1.54) is 6.08 Å². The molecule has 132 valence electrons. The van der Waals surface area contributed by atoms with E-state index in [1.807, 2.05) is 79.7 Å². The van der Waals surface area contributed by atoms with Gasteiger partial charge in [-0.05, 0) is 48.4 Å². The Bertz CT molecular complexity index is 1130. The van der Waals surface area contributed by atoms with Crippen LogP contribution in [0.4, 0.5) is 5.69 Å². The molecule has 0 aliphatic heterocycles. The largest absolute Gasteiger partial charge is 0.436 e. The summed E-state index contributed by atoms with van der Waals surface area (Å²) in [7, 11) is 0. The normalized spacial score (nSPS) is 11.1. The summed E-state index contributed by atoms with van der Waals surface area (Å²) >= 11 is 0. The summed E-state index contributed by atoms with van der Waals surface area (Å²) < 4.78 is 5.88. The molecule has 0 radical (unpaired) electrons. The lowest BCUT2D eigenvalue weighted by atomic mass is 10.1. The zero-order valence-electron chi connectivity index (χ0n) is 14.8. The zero-order valence-corrected chi connectivity index (χ0v) is 14.8. The molecule has 0 bridgehead atoms. The summed E-state index contributed by atoms with van der Waals surface area (Å²) in [5, 5.41) is 2.91. The monoisotopic (exact) mass is 354 g/mol. The van der Waals surface area contributed by atoms with Gasteiger partial charge in [0.2, 0.25) is 11.8 Å². The molecule has 4 heteroatoms. The number of amides is 1. The van der Waals surface area contributed by atoms with E-state index in [0.717, 1.165) is 27.8 Å². The summed E-state index contributed by atoms with van der Waals surface area (Å²) in [6.45, 7) is 2.01. The number of nitrogens with zero attached hydrogens (tertiary/aromatic N) is 1. The molecular weight excluding hydrogens is 336 g/mol. The van der Waals surface area contributed by atoms with Gasteiger partial charge in [-0.1, -0.05) is 48.5 Å². The van der Waals surface area contributed by atoms with Crippen LogP contribution in [0.5, 0.6) is 0 Å². The van der Waals surface area contributed by atoms with Crippen molar-refractivity contribution in [2.45, 2.75) is 6.92 Å². The number of carbonyl (C=O) groups excluding carboxylic acids is 1. The van der Waals surface area contributed by atoms with Gasteiger partial charge in [-0.25, -0.2) is 4.98 Å². The van der Waals surface area contributed by atoms with E-state index < -0.39 is 0 Å². The Morgan fingerprint density at radius 3 is 2.63 bits per heavy atom. The average Bonchev–Trinajstić information content (AvgIpc) is 3.10. The highest BCUT2D eigenvalue weighted by atomic mass is 16.3. The van der Waals surface area contributed by atoms with Crippen LogP contribution >= 0.6 is 0 Å². The smallest absolute Gasteiger partial charge is 0.248 e. The minimum atomic E-state index is -0.210. The number of anilines is 1. The van der Waals surface area contributed by atoms with Gasteiger partial charge in [-0.3, -0.25) is 4.79 Å². The van der Waals surface area contributed by atoms with Crippen LogP contribution in [-0.2, 0) is 4.79 Å². The first kappa shape index (κ1) is 16.8. The van der Waals surface area contributed by atoms with E-state index in [0.29, 0.717) is 11.6 Å². The quantitative estimate of drug-likeness (QED) is 0.495. The Labute approximate surface area is 157 Å². The molecule has 0 fully saturated rings. The number of aromatic nitrogens is 1. The topological polar surface area (TPSA) is 55.1 Å². The fourth-order valence-corrected chi connectivity index (χ4v) is 2.84. The molecule has 3 aromatic carbocycles. The lowest BCUT2D eigenvalue weighted by molar-refractivity contribution is -0.111. The molecule has 4 nitrogen and oxygen atoms in total. The van der Waals surface area contributed by atoms with Gasteiger partial charge in [-0.2, -0.15) is 0 Å². The molecule has 0 unspecified atom stereocenters. The number of benzene rings is 3. The number of aryl methyl sites for hydroxylation is 1.